The van der Waals surface area contributed by atoms with Gasteiger partial charge in [0.1, 0.15) is 0 Å². The molecule has 0 saturated carbocycles. The molecular weight excluding hydrogens is 193 g/mol. The molecule has 0 fully saturated rings. The molecule has 1 aromatic carbocycles. The van der Waals surface area contributed by atoms with Gasteiger partial charge in [-0.25, -0.2) is 4.79 Å². The van der Waals surface area contributed by atoms with Crippen LogP contribution in [0.3, 0.4) is 0 Å². The van der Waals surface area contributed by atoms with Crippen LogP contribution < -0.4 is 29.6 Å². The third kappa shape index (κ3) is 4.00. The maximum atomic E-state index is 10.4. The number of carboxylic acid groups (broad SMARTS) is 1. The first-order valence-electron chi connectivity index (χ1n) is 3.83. The molecule has 70 valence electrons. The number of hydrogen-bond acceptors (Lipinski definition) is 3. The van der Waals surface area contributed by atoms with Crippen molar-refractivity contribution in [3.63, 3.8) is 0 Å². The van der Waals surface area contributed by atoms with Crippen LogP contribution in [0.15, 0.2) is 35.5 Å². The van der Waals surface area contributed by atoms with Crippen LogP contribution in [0.4, 0.5) is 0 Å². The summed E-state index contributed by atoms with van der Waals surface area (Å²) in [5, 5.41) is 11.1. The average molecular weight is 203 g/mol. The molecule has 0 aliphatic rings. The van der Waals surface area contributed by atoms with Crippen LogP contribution in [0.2, 0.25) is 0 Å². The average Bonchev–Trinajstić information content (AvgIpc) is 2.15. The zero-order chi connectivity index (χ0) is 9.68. The minimum atomic E-state index is -1.18. The van der Waals surface area contributed by atoms with E-state index in [4.69, 9.17) is 5.11 Å². The van der Waals surface area contributed by atoms with Gasteiger partial charge in [0, 0.05) is 6.42 Å². The Morgan fingerprint density at radius 3 is 2.43 bits per heavy atom. The first kappa shape index (κ1) is 13.3. The molecule has 0 amide bonds. The van der Waals surface area contributed by atoms with Gasteiger partial charge >= 0.3 is 35.5 Å². The molecule has 0 spiro atoms. The molecule has 14 heavy (non-hydrogen) atoms. The summed E-state index contributed by atoms with van der Waals surface area (Å²) in [6.07, 6.45) is 0.152. The van der Waals surface area contributed by atoms with Gasteiger partial charge in [-0.3, -0.25) is 0 Å². The fourth-order valence-electron chi connectivity index (χ4n) is 1.01. The van der Waals surface area contributed by atoms with Crippen molar-refractivity contribution in [1.29, 1.82) is 0 Å². The Hall–Kier alpha value is -0.710. The molecule has 0 aliphatic heterocycles. The van der Waals surface area contributed by atoms with Crippen LogP contribution in [0, 0.1) is 4.91 Å². The Balaban J connectivity index is 0. The van der Waals surface area contributed by atoms with Crippen molar-refractivity contribution in [2.75, 3.05) is 0 Å². The second kappa shape index (κ2) is 6.70. The number of hydrogen-bond donors (Lipinski definition) is 1. The smallest absolute Gasteiger partial charge is 1.00 e. The molecule has 1 rings (SSSR count). The Morgan fingerprint density at radius 2 is 2.00 bits per heavy atom. The predicted octanol–water partition coefficient (Wildman–Crippen LogP) is -1.43. The first-order valence-corrected chi connectivity index (χ1v) is 3.83. The van der Waals surface area contributed by atoms with Crippen LogP contribution in [0.5, 0.6) is 0 Å². The predicted molar refractivity (Wildman–Crippen MR) is 48.5 cm³/mol. The van der Waals surface area contributed by atoms with Gasteiger partial charge in [-0.2, -0.15) is 0 Å². The Kier molecular flexibility index (Phi) is 6.36. The van der Waals surface area contributed by atoms with Crippen molar-refractivity contribution in [3.8, 4) is 0 Å². The zero-order valence-electron chi connectivity index (χ0n) is 8.88. The molecule has 0 radical (unpaired) electrons. The number of nitroso groups, excluding NO2 is 1. The molecule has 1 aromatic rings. The van der Waals surface area contributed by atoms with Gasteiger partial charge in [0.25, 0.3) is 0 Å². The number of carboxylic acids is 1. The Morgan fingerprint density at radius 1 is 1.43 bits per heavy atom. The number of carbonyl (C=O) groups is 1. The molecule has 0 saturated heterocycles. The van der Waals surface area contributed by atoms with Crippen LogP contribution in [-0.2, 0) is 11.2 Å². The molecule has 5 heteroatoms. The monoisotopic (exact) mass is 203 g/mol. The largest absolute Gasteiger partial charge is 1.00 e. The summed E-state index contributed by atoms with van der Waals surface area (Å²) in [6, 6.07) is 7.76. The number of benzene rings is 1. The van der Waals surface area contributed by atoms with Gasteiger partial charge in [-0.1, -0.05) is 35.5 Å². The van der Waals surface area contributed by atoms with Gasteiger partial charge in [0.15, 0.2) is 6.04 Å². The first-order chi connectivity index (χ1) is 6.24. The standard InChI is InChI=1S/C9H9NO3.Na.H/c11-9(12)8(10-13)6-7-4-2-1-3-5-7;;/h1-5,8H,6H2,(H,11,12);;/q;+1;-1/t8-;;/m0../s1. The van der Waals surface area contributed by atoms with E-state index in [0.717, 1.165) is 5.56 Å². The normalized spacial score (nSPS) is 11.1. The van der Waals surface area contributed by atoms with Crippen LogP contribution in [0.25, 0.3) is 0 Å². The van der Waals surface area contributed by atoms with Gasteiger partial charge in [0.05, 0.1) is 0 Å². The van der Waals surface area contributed by atoms with Crippen molar-refractivity contribution >= 4 is 5.97 Å². The van der Waals surface area contributed by atoms with Gasteiger partial charge < -0.3 is 6.53 Å². The summed E-state index contributed by atoms with van der Waals surface area (Å²) in [7, 11) is 0. The molecule has 0 aromatic heterocycles. The molecule has 4 nitrogen and oxygen atoms in total. The molecule has 0 aliphatic carbocycles. The maximum Gasteiger partial charge on any atom is 1.00 e. The minimum Gasteiger partial charge on any atom is -1.00 e. The second-order valence-electron chi connectivity index (χ2n) is 2.65. The van der Waals surface area contributed by atoms with Crippen LogP contribution >= 0.6 is 0 Å². The number of aliphatic carboxylic acids is 1. The molecular formula is C9H10NNaO3. The summed E-state index contributed by atoms with van der Waals surface area (Å²) >= 11 is 0. The van der Waals surface area contributed by atoms with E-state index in [0.29, 0.717) is 0 Å². The molecule has 0 unspecified atom stereocenters. The van der Waals surface area contributed by atoms with Gasteiger partial charge in [0.2, 0.25) is 0 Å². The number of nitrogens with zero attached hydrogens (tertiary/aromatic N) is 1. The fourth-order valence-corrected chi connectivity index (χ4v) is 1.01. The van der Waals surface area contributed by atoms with E-state index in [-0.39, 0.29) is 37.4 Å². The minimum absolute atomic E-state index is 0. The summed E-state index contributed by atoms with van der Waals surface area (Å²) in [6.45, 7) is 0. The third-order valence-electron chi connectivity index (χ3n) is 1.68. The van der Waals surface area contributed by atoms with E-state index in [2.05, 4.69) is 5.18 Å². The molecule has 1 N–H and O–H groups in total. The topological polar surface area (TPSA) is 66.7 Å². The summed E-state index contributed by atoms with van der Waals surface area (Å²) < 4.78 is 0. The summed E-state index contributed by atoms with van der Waals surface area (Å²) in [4.78, 5) is 20.6. The van der Waals surface area contributed by atoms with E-state index in [9.17, 15) is 9.70 Å². The van der Waals surface area contributed by atoms with Crippen molar-refractivity contribution < 1.29 is 40.9 Å². The van der Waals surface area contributed by atoms with Gasteiger partial charge in [-0.05, 0) is 5.56 Å². The van der Waals surface area contributed by atoms with E-state index in [1.165, 1.54) is 0 Å². The Labute approximate surface area is 105 Å². The Bertz CT molecular complexity index is 307. The van der Waals surface area contributed by atoms with Crippen molar-refractivity contribution in [2.24, 2.45) is 5.18 Å². The summed E-state index contributed by atoms with van der Waals surface area (Å²) in [5.74, 6) is -1.18. The summed E-state index contributed by atoms with van der Waals surface area (Å²) in [5.41, 5.74) is 0.800. The zero-order valence-corrected chi connectivity index (χ0v) is 9.88. The van der Waals surface area contributed by atoms with E-state index in [1.54, 1.807) is 24.3 Å². The van der Waals surface area contributed by atoms with Crippen LogP contribution in [0.1, 0.15) is 6.99 Å². The third-order valence-corrected chi connectivity index (χ3v) is 1.68. The van der Waals surface area contributed by atoms with Gasteiger partial charge in [-0.15, -0.1) is 4.91 Å². The molecule has 0 bridgehead atoms. The van der Waals surface area contributed by atoms with Crippen molar-refractivity contribution in [2.45, 2.75) is 12.5 Å². The maximum absolute atomic E-state index is 10.4. The number of rotatable bonds is 4. The van der Waals surface area contributed by atoms with E-state index in [1.807, 2.05) is 6.07 Å². The SMILES string of the molecule is O=N[C@@H](Cc1ccccc1)C(=O)O.[H-].[Na+]. The fraction of sp³-hybridized carbons (Fsp3) is 0.222. The molecule has 0 heterocycles. The second-order valence-corrected chi connectivity index (χ2v) is 2.65. The van der Waals surface area contributed by atoms with E-state index >= 15 is 0 Å². The van der Waals surface area contributed by atoms with Crippen LogP contribution in [-0.4, -0.2) is 17.1 Å². The quantitative estimate of drug-likeness (QED) is 0.481. The van der Waals surface area contributed by atoms with E-state index < -0.39 is 12.0 Å². The van der Waals surface area contributed by atoms with Crippen molar-refractivity contribution in [1.82, 2.24) is 0 Å². The van der Waals surface area contributed by atoms with Crippen molar-refractivity contribution in [3.05, 3.63) is 40.8 Å². The molecule has 1 atom stereocenters.